The van der Waals surface area contributed by atoms with Gasteiger partial charge in [0.2, 0.25) is 0 Å². The fraction of sp³-hybridized carbons (Fsp3) is 0.160. The Balaban J connectivity index is 1.94. The molecule has 0 saturated carbocycles. The first-order chi connectivity index (χ1) is 15.4. The molecule has 7 heteroatoms. The molecule has 2 aromatic carbocycles. The van der Waals surface area contributed by atoms with Crippen LogP contribution in [0.2, 0.25) is 5.02 Å². The molecule has 32 heavy (non-hydrogen) atoms. The molecule has 1 amide bonds. The Labute approximate surface area is 190 Å². The maximum absolute atomic E-state index is 13.2. The van der Waals surface area contributed by atoms with Gasteiger partial charge in [0.25, 0.3) is 11.7 Å². The van der Waals surface area contributed by atoms with Crippen LogP contribution in [0.1, 0.15) is 29.7 Å². The van der Waals surface area contributed by atoms with E-state index in [4.69, 9.17) is 16.3 Å². The van der Waals surface area contributed by atoms with Crippen molar-refractivity contribution >= 4 is 34.7 Å². The number of rotatable bonds is 5. The summed E-state index contributed by atoms with van der Waals surface area (Å²) in [7, 11) is 0. The highest BCUT2D eigenvalue weighted by Gasteiger charge is 2.47. The zero-order valence-corrected chi connectivity index (χ0v) is 18.3. The normalized spacial score (nSPS) is 17.6. The molecule has 0 aliphatic carbocycles. The first kappa shape index (κ1) is 21.6. The Kier molecular flexibility index (Phi) is 5.97. The molecule has 0 bridgehead atoms. The molecule has 1 saturated heterocycles. The number of ether oxygens (including phenoxy) is 1. The van der Waals surface area contributed by atoms with E-state index in [9.17, 15) is 14.7 Å². The lowest BCUT2D eigenvalue weighted by molar-refractivity contribution is -0.132. The Morgan fingerprint density at radius 1 is 1.09 bits per heavy atom. The molecule has 1 fully saturated rings. The molecular weight excluding hydrogens is 428 g/mol. The van der Waals surface area contributed by atoms with Crippen molar-refractivity contribution < 1.29 is 19.4 Å². The van der Waals surface area contributed by atoms with Gasteiger partial charge in [-0.15, -0.1) is 0 Å². The monoisotopic (exact) mass is 448 g/mol. The number of aliphatic hydroxyl groups is 1. The molecule has 6 nitrogen and oxygen atoms in total. The van der Waals surface area contributed by atoms with Crippen molar-refractivity contribution in [3.63, 3.8) is 0 Å². The molecule has 1 aromatic heterocycles. The zero-order valence-electron chi connectivity index (χ0n) is 17.6. The van der Waals surface area contributed by atoms with Crippen molar-refractivity contribution in [1.82, 2.24) is 4.98 Å². The number of carbonyl (C=O) groups excluding carboxylic acids is 2. The minimum atomic E-state index is -0.840. The van der Waals surface area contributed by atoms with Crippen molar-refractivity contribution in [2.24, 2.45) is 0 Å². The smallest absolute Gasteiger partial charge is 0.300 e. The summed E-state index contributed by atoms with van der Waals surface area (Å²) in [6.07, 6.45) is 3.15. The van der Waals surface area contributed by atoms with Crippen LogP contribution in [0.3, 0.4) is 0 Å². The number of benzene rings is 2. The minimum absolute atomic E-state index is 0.0441. The Bertz CT molecular complexity index is 1210. The number of Topliss-reactive ketones (excluding diaryl/α,β-unsaturated/α-hetero) is 1. The molecule has 162 valence electrons. The number of pyridine rings is 1. The van der Waals surface area contributed by atoms with Crippen LogP contribution in [-0.2, 0) is 9.59 Å². The molecule has 1 aliphatic heterocycles. The molecule has 4 rings (SSSR count). The van der Waals surface area contributed by atoms with E-state index in [2.05, 4.69) is 4.98 Å². The first-order valence-electron chi connectivity index (χ1n) is 10.1. The number of carbonyl (C=O) groups is 2. The van der Waals surface area contributed by atoms with E-state index in [1.165, 1.54) is 4.90 Å². The topological polar surface area (TPSA) is 79.7 Å². The summed E-state index contributed by atoms with van der Waals surface area (Å²) in [5.74, 6) is -1.38. The number of hydrogen-bond acceptors (Lipinski definition) is 5. The second kappa shape index (κ2) is 8.85. The minimum Gasteiger partial charge on any atom is -0.507 e. The highest BCUT2D eigenvalue weighted by molar-refractivity contribution is 6.52. The molecule has 0 radical (unpaired) electrons. The number of nitrogens with zero attached hydrogens (tertiary/aromatic N) is 2. The second-order valence-corrected chi connectivity index (χ2v) is 7.77. The number of aryl methyl sites for hydroxylation is 1. The fourth-order valence-electron chi connectivity index (χ4n) is 3.75. The van der Waals surface area contributed by atoms with E-state index in [-0.39, 0.29) is 21.9 Å². The van der Waals surface area contributed by atoms with E-state index in [1.807, 2.05) is 26.0 Å². The standard InChI is InChI=1S/C25H21ClN2O4/c1-3-32-18-8-9-20(26)19(14-18)23(29)21-22(16-10-12-27-13-11-16)28(25(31)24(21)30)17-6-4-15(2)5-7-17/h4-14,22,29H,3H2,1-2H3/b23-21+. The van der Waals surface area contributed by atoms with Crippen LogP contribution >= 0.6 is 11.6 Å². The number of aliphatic hydroxyl groups excluding tert-OH is 1. The van der Waals surface area contributed by atoms with Crippen molar-refractivity contribution in [1.29, 1.82) is 0 Å². The van der Waals surface area contributed by atoms with Crippen LogP contribution in [0.4, 0.5) is 5.69 Å². The average Bonchev–Trinajstić information content (AvgIpc) is 3.06. The lowest BCUT2D eigenvalue weighted by atomic mass is 9.95. The molecule has 1 aliphatic rings. The van der Waals surface area contributed by atoms with Crippen LogP contribution in [0.5, 0.6) is 5.75 Å². The van der Waals surface area contributed by atoms with Crippen LogP contribution in [-0.4, -0.2) is 28.4 Å². The summed E-state index contributed by atoms with van der Waals surface area (Å²) in [4.78, 5) is 31.7. The van der Waals surface area contributed by atoms with Crippen LogP contribution in [0.25, 0.3) is 5.76 Å². The van der Waals surface area contributed by atoms with E-state index in [1.54, 1.807) is 54.9 Å². The van der Waals surface area contributed by atoms with Crippen LogP contribution in [0, 0.1) is 6.92 Å². The maximum atomic E-state index is 13.2. The van der Waals surface area contributed by atoms with Gasteiger partial charge in [-0.1, -0.05) is 29.3 Å². The molecule has 1 N–H and O–H groups in total. The quantitative estimate of drug-likeness (QED) is 0.335. The van der Waals surface area contributed by atoms with Crippen molar-refractivity contribution in [2.75, 3.05) is 11.5 Å². The van der Waals surface area contributed by atoms with E-state index >= 15 is 0 Å². The molecule has 1 atom stereocenters. The number of anilines is 1. The van der Waals surface area contributed by atoms with Gasteiger partial charge in [-0.2, -0.15) is 0 Å². The van der Waals surface area contributed by atoms with Gasteiger partial charge in [-0.3, -0.25) is 19.5 Å². The third-order valence-electron chi connectivity index (χ3n) is 5.28. The summed E-state index contributed by atoms with van der Waals surface area (Å²) >= 11 is 6.35. The lowest BCUT2D eigenvalue weighted by Gasteiger charge is -2.25. The van der Waals surface area contributed by atoms with Crippen molar-refractivity contribution in [3.05, 3.63) is 94.3 Å². The first-order valence-corrected chi connectivity index (χ1v) is 10.5. The van der Waals surface area contributed by atoms with Gasteiger partial charge in [0.15, 0.2) is 0 Å². The Morgan fingerprint density at radius 2 is 1.78 bits per heavy atom. The Morgan fingerprint density at radius 3 is 2.44 bits per heavy atom. The van der Waals surface area contributed by atoms with Gasteiger partial charge in [0.1, 0.15) is 11.5 Å². The zero-order chi connectivity index (χ0) is 22.8. The number of aromatic nitrogens is 1. The largest absolute Gasteiger partial charge is 0.507 e. The van der Waals surface area contributed by atoms with E-state index in [0.29, 0.717) is 23.6 Å². The highest BCUT2D eigenvalue weighted by atomic mass is 35.5. The van der Waals surface area contributed by atoms with Gasteiger partial charge in [0.05, 0.1) is 23.2 Å². The van der Waals surface area contributed by atoms with E-state index < -0.39 is 17.7 Å². The van der Waals surface area contributed by atoms with Crippen molar-refractivity contribution in [3.8, 4) is 5.75 Å². The number of hydrogen-bond donors (Lipinski definition) is 1. The summed E-state index contributed by atoms with van der Waals surface area (Å²) in [5, 5.41) is 11.5. The SMILES string of the molecule is CCOc1ccc(Cl)c(/C(O)=C2\C(=O)C(=O)N(c3ccc(C)cc3)C2c2ccncc2)c1. The summed E-state index contributed by atoms with van der Waals surface area (Å²) in [5.41, 5.74) is 2.38. The number of amides is 1. The second-order valence-electron chi connectivity index (χ2n) is 7.36. The van der Waals surface area contributed by atoms with Crippen LogP contribution < -0.4 is 9.64 Å². The third kappa shape index (κ3) is 3.85. The Hall–Kier alpha value is -3.64. The lowest BCUT2D eigenvalue weighted by Crippen LogP contribution is -2.29. The molecular formula is C25H21ClN2O4. The van der Waals surface area contributed by atoms with Gasteiger partial charge in [-0.25, -0.2) is 0 Å². The predicted molar refractivity (Wildman–Crippen MR) is 123 cm³/mol. The summed E-state index contributed by atoms with van der Waals surface area (Å²) < 4.78 is 5.51. The summed E-state index contributed by atoms with van der Waals surface area (Å²) in [6, 6.07) is 14.7. The number of ketones is 1. The predicted octanol–water partition coefficient (Wildman–Crippen LogP) is 5.07. The maximum Gasteiger partial charge on any atom is 0.300 e. The van der Waals surface area contributed by atoms with Gasteiger partial charge >= 0.3 is 0 Å². The molecule has 3 aromatic rings. The third-order valence-corrected chi connectivity index (χ3v) is 5.61. The fourth-order valence-corrected chi connectivity index (χ4v) is 3.96. The average molecular weight is 449 g/mol. The van der Waals surface area contributed by atoms with Crippen LogP contribution in [0.15, 0.2) is 72.6 Å². The van der Waals surface area contributed by atoms with Gasteiger partial charge in [-0.05, 0) is 61.9 Å². The van der Waals surface area contributed by atoms with E-state index in [0.717, 1.165) is 5.56 Å². The number of halogens is 1. The summed E-state index contributed by atoms with van der Waals surface area (Å²) in [6.45, 7) is 4.20. The van der Waals surface area contributed by atoms with Gasteiger partial charge in [0, 0.05) is 23.6 Å². The van der Waals surface area contributed by atoms with Crippen molar-refractivity contribution in [2.45, 2.75) is 19.9 Å². The highest BCUT2D eigenvalue weighted by Crippen LogP contribution is 2.43. The molecule has 0 spiro atoms. The molecule has 2 heterocycles. The molecule has 1 unspecified atom stereocenters. The van der Waals surface area contributed by atoms with Gasteiger partial charge < -0.3 is 9.84 Å².